The summed E-state index contributed by atoms with van der Waals surface area (Å²) in [6.07, 6.45) is 8.57. The van der Waals surface area contributed by atoms with Crippen LogP contribution in [0.2, 0.25) is 0 Å². The minimum absolute atomic E-state index is 0.318. The van der Waals surface area contributed by atoms with E-state index in [2.05, 4.69) is 6.92 Å². The Kier molecular flexibility index (Phi) is 8.64. The molecule has 3 heteroatoms. The molecule has 18 heavy (non-hydrogen) atoms. The third-order valence-electron chi connectivity index (χ3n) is 3.98. The summed E-state index contributed by atoms with van der Waals surface area (Å²) >= 11 is 0. The van der Waals surface area contributed by atoms with Crippen molar-refractivity contribution >= 4 is 0 Å². The van der Waals surface area contributed by atoms with Gasteiger partial charge in [-0.1, -0.05) is 26.2 Å². The van der Waals surface area contributed by atoms with Crippen molar-refractivity contribution in [3.8, 4) is 0 Å². The van der Waals surface area contributed by atoms with Crippen molar-refractivity contribution in [2.45, 2.75) is 51.9 Å². The Morgan fingerprint density at radius 1 is 1.06 bits per heavy atom. The van der Waals surface area contributed by atoms with Gasteiger partial charge in [-0.05, 0) is 25.7 Å². The zero-order valence-corrected chi connectivity index (χ0v) is 12.2. The van der Waals surface area contributed by atoms with E-state index in [0.717, 1.165) is 33.0 Å². The van der Waals surface area contributed by atoms with Crippen molar-refractivity contribution < 1.29 is 14.2 Å². The topological polar surface area (TPSA) is 27.7 Å². The Morgan fingerprint density at radius 3 is 2.39 bits per heavy atom. The highest BCUT2D eigenvalue weighted by Gasteiger charge is 2.33. The molecule has 0 aromatic carbocycles. The van der Waals surface area contributed by atoms with Gasteiger partial charge in [-0.2, -0.15) is 0 Å². The van der Waals surface area contributed by atoms with Crippen LogP contribution in [0.15, 0.2) is 0 Å². The second-order valence-corrected chi connectivity index (χ2v) is 5.47. The molecule has 1 aliphatic rings. The Morgan fingerprint density at radius 2 is 1.78 bits per heavy atom. The molecule has 1 atom stereocenters. The van der Waals surface area contributed by atoms with Crippen LogP contribution in [-0.2, 0) is 14.2 Å². The molecule has 0 aliphatic carbocycles. The quantitative estimate of drug-likeness (QED) is 0.531. The van der Waals surface area contributed by atoms with E-state index in [9.17, 15) is 0 Å². The zero-order valence-electron chi connectivity index (χ0n) is 12.2. The zero-order chi connectivity index (χ0) is 13.1. The van der Waals surface area contributed by atoms with Crippen LogP contribution in [0.4, 0.5) is 0 Å². The van der Waals surface area contributed by atoms with Crippen LogP contribution in [-0.4, -0.2) is 40.1 Å². The fraction of sp³-hybridized carbons (Fsp3) is 1.00. The average Bonchev–Trinajstić information content (AvgIpc) is 2.86. The molecule has 0 spiro atoms. The van der Waals surface area contributed by atoms with Gasteiger partial charge in [-0.3, -0.25) is 0 Å². The van der Waals surface area contributed by atoms with Gasteiger partial charge in [0, 0.05) is 32.3 Å². The summed E-state index contributed by atoms with van der Waals surface area (Å²) < 4.78 is 16.4. The lowest BCUT2D eigenvalue weighted by Crippen LogP contribution is -2.26. The molecular weight excluding hydrogens is 228 g/mol. The molecule has 0 N–H and O–H groups in total. The largest absolute Gasteiger partial charge is 0.385 e. The molecule has 0 aromatic rings. The molecule has 1 rings (SSSR count). The predicted octanol–water partition coefficient (Wildman–Crippen LogP) is 3.42. The monoisotopic (exact) mass is 258 g/mol. The van der Waals surface area contributed by atoms with Gasteiger partial charge >= 0.3 is 0 Å². The van der Waals surface area contributed by atoms with Crippen molar-refractivity contribution in [1.29, 1.82) is 0 Å². The van der Waals surface area contributed by atoms with Crippen molar-refractivity contribution in [1.82, 2.24) is 0 Å². The Hall–Kier alpha value is -0.120. The van der Waals surface area contributed by atoms with Crippen LogP contribution >= 0.6 is 0 Å². The molecular formula is C15H30O3. The summed E-state index contributed by atoms with van der Waals surface area (Å²) in [5.74, 6) is 0. The van der Waals surface area contributed by atoms with Crippen LogP contribution in [0.1, 0.15) is 51.9 Å². The van der Waals surface area contributed by atoms with Crippen LogP contribution < -0.4 is 0 Å². The third-order valence-corrected chi connectivity index (χ3v) is 3.98. The highest BCUT2D eigenvalue weighted by Crippen LogP contribution is 2.32. The minimum Gasteiger partial charge on any atom is -0.385 e. The molecule has 3 nitrogen and oxygen atoms in total. The van der Waals surface area contributed by atoms with Crippen LogP contribution in [0.3, 0.4) is 0 Å². The van der Waals surface area contributed by atoms with E-state index >= 15 is 0 Å². The first-order chi connectivity index (χ1) is 8.83. The van der Waals surface area contributed by atoms with Gasteiger partial charge in [0.1, 0.15) is 0 Å². The van der Waals surface area contributed by atoms with Gasteiger partial charge in [-0.15, -0.1) is 0 Å². The van der Waals surface area contributed by atoms with E-state index in [0.29, 0.717) is 5.41 Å². The van der Waals surface area contributed by atoms with Crippen molar-refractivity contribution in [2.24, 2.45) is 5.41 Å². The van der Waals surface area contributed by atoms with Crippen LogP contribution in [0.25, 0.3) is 0 Å². The van der Waals surface area contributed by atoms with E-state index in [1.54, 1.807) is 7.11 Å². The summed E-state index contributed by atoms with van der Waals surface area (Å²) in [4.78, 5) is 0. The SMILES string of the molecule is CCC1(COCCCCCCCOC)CCOC1. The maximum absolute atomic E-state index is 5.83. The summed E-state index contributed by atoms with van der Waals surface area (Å²) in [5.41, 5.74) is 0.318. The number of rotatable bonds is 11. The highest BCUT2D eigenvalue weighted by molar-refractivity contribution is 4.81. The van der Waals surface area contributed by atoms with Gasteiger partial charge in [0.05, 0.1) is 13.2 Å². The van der Waals surface area contributed by atoms with E-state index in [4.69, 9.17) is 14.2 Å². The molecule has 0 aromatic heterocycles. The van der Waals surface area contributed by atoms with Gasteiger partial charge in [0.15, 0.2) is 0 Å². The maximum atomic E-state index is 5.83. The van der Waals surface area contributed by atoms with Gasteiger partial charge in [0.2, 0.25) is 0 Å². The Balaban J connectivity index is 1.89. The lowest BCUT2D eigenvalue weighted by atomic mass is 9.85. The fourth-order valence-corrected chi connectivity index (χ4v) is 2.41. The molecule has 1 heterocycles. The smallest absolute Gasteiger partial charge is 0.0545 e. The minimum atomic E-state index is 0.318. The molecule has 1 unspecified atom stereocenters. The summed E-state index contributed by atoms with van der Waals surface area (Å²) in [6, 6.07) is 0. The number of methoxy groups -OCH3 is 1. The molecule has 0 amide bonds. The van der Waals surface area contributed by atoms with Crippen LogP contribution in [0.5, 0.6) is 0 Å². The van der Waals surface area contributed by atoms with Gasteiger partial charge < -0.3 is 14.2 Å². The second-order valence-electron chi connectivity index (χ2n) is 5.47. The first-order valence-electron chi connectivity index (χ1n) is 7.47. The highest BCUT2D eigenvalue weighted by atomic mass is 16.5. The lowest BCUT2D eigenvalue weighted by Gasteiger charge is -2.25. The molecule has 1 fully saturated rings. The standard InChI is InChI=1S/C15H30O3/c1-3-15(9-12-18-14-15)13-17-11-8-6-4-5-7-10-16-2/h3-14H2,1-2H3. The molecule has 1 aliphatic heterocycles. The summed E-state index contributed by atoms with van der Waals surface area (Å²) in [7, 11) is 1.77. The lowest BCUT2D eigenvalue weighted by molar-refractivity contribution is 0.0299. The number of hydrogen-bond donors (Lipinski definition) is 0. The van der Waals surface area contributed by atoms with Crippen molar-refractivity contribution in [2.75, 3.05) is 40.1 Å². The molecule has 0 saturated carbocycles. The first kappa shape index (κ1) is 15.9. The van der Waals surface area contributed by atoms with E-state index in [-0.39, 0.29) is 0 Å². The maximum Gasteiger partial charge on any atom is 0.0545 e. The van der Waals surface area contributed by atoms with Crippen LogP contribution in [0, 0.1) is 5.41 Å². The second kappa shape index (κ2) is 9.76. The first-order valence-corrected chi connectivity index (χ1v) is 7.47. The molecule has 108 valence electrons. The number of unbranched alkanes of at least 4 members (excludes halogenated alkanes) is 4. The molecule has 1 saturated heterocycles. The number of ether oxygens (including phenoxy) is 3. The number of hydrogen-bond acceptors (Lipinski definition) is 3. The summed E-state index contributed by atoms with van der Waals surface area (Å²) in [6.45, 7) is 6.74. The van der Waals surface area contributed by atoms with Crippen molar-refractivity contribution in [3.63, 3.8) is 0 Å². The van der Waals surface area contributed by atoms with E-state index in [1.165, 1.54) is 44.9 Å². The Bertz CT molecular complexity index is 188. The Labute approximate surface area is 112 Å². The van der Waals surface area contributed by atoms with E-state index in [1.807, 2.05) is 0 Å². The predicted molar refractivity (Wildman–Crippen MR) is 73.9 cm³/mol. The molecule has 0 bridgehead atoms. The fourth-order valence-electron chi connectivity index (χ4n) is 2.41. The van der Waals surface area contributed by atoms with E-state index < -0.39 is 0 Å². The van der Waals surface area contributed by atoms with Gasteiger partial charge in [-0.25, -0.2) is 0 Å². The van der Waals surface area contributed by atoms with Gasteiger partial charge in [0.25, 0.3) is 0 Å². The molecule has 0 radical (unpaired) electrons. The third kappa shape index (κ3) is 6.17. The normalized spacial score (nSPS) is 23.7. The average molecular weight is 258 g/mol. The van der Waals surface area contributed by atoms with Crippen molar-refractivity contribution in [3.05, 3.63) is 0 Å². The summed E-state index contributed by atoms with van der Waals surface area (Å²) in [5, 5.41) is 0.